The molecule has 2 aliphatic rings. The molecule has 7 heteroatoms. The highest BCUT2D eigenvalue weighted by atomic mass is 16.5. The standard InChI is InChI=1S/C19H30N4O3/c1-13-17(14(2)23(21-13)8-9-26-3)11-20-19(25)15-10-18(24)22(12-15)16-6-4-5-7-16/h15-16H,4-12H2,1-3H3,(H,20,25). The second kappa shape index (κ2) is 8.20. The van der Waals surface area contributed by atoms with Gasteiger partial charge in [0.2, 0.25) is 11.8 Å². The van der Waals surface area contributed by atoms with E-state index in [-0.39, 0.29) is 17.7 Å². The monoisotopic (exact) mass is 362 g/mol. The molecule has 2 heterocycles. The molecular weight excluding hydrogens is 332 g/mol. The third kappa shape index (κ3) is 3.92. The van der Waals surface area contributed by atoms with Crippen molar-refractivity contribution in [3.05, 3.63) is 17.0 Å². The van der Waals surface area contributed by atoms with Crippen LogP contribution >= 0.6 is 0 Å². The summed E-state index contributed by atoms with van der Waals surface area (Å²) >= 11 is 0. The van der Waals surface area contributed by atoms with Gasteiger partial charge in [-0.1, -0.05) is 12.8 Å². The van der Waals surface area contributed by atoms with Crippen LogP contribution in [0.1, 0.15) is 49.1 Å². The highest BCUT2D eigenvalue weighted by molar-refractivity contribution is 5.89. The Bertz CT molecular complexity index is 664. The lowest BCUT2D eigenvalue weighted by atomic mass is 10.1. The van der Waals surface area contributed by atoms with Gasteiger partial charge in [-0.3, -0.25) is 14.3 Å². The minimum absolute atomic E-state index is 0.0257. The van der Waals surface area contributed by atoms with E-state index < -0.39 is 0 Å². The van der Waals surface area contributed by atoms with Crippen LogP contribution in [0.5, 0.6) is 0 Å². The van der Waals surface area contributed by atoms with E-state index in [2.05, 4.69) is 10.4 Å². The van der Waals surface area contributed by atoms with E-state index in [4.69, 9.17) is 4.74 Å². The van der Waals surface area contributed by atoms with Gasteiger partial charge in [0.15, 0.2) is 0 Å². The molecule has 1 aliphatic heterocycles. The fraction of sp³-hybridized carbons (Fsp3) is 0.737. The number of nitrogens with zero attached hydrogens (tertiary/aromatic N) is 3. The van der Waals surface area contributed by atoms with Crippen LogP contribution in [0.3, 0.4) is 0 Å². The molecule has 7 nitrogen and oxygen atoms in total. The van der Waals surface area contributed by atoms with Gasteiger partial charge in [-0.05, 0) is 26.7 Å². The van der Waals surface area contributed by atoms with Crippen LogP contribution < -0.4 is 5.32 Å². The van der Waals surface area contributed by atoms with E-state index in [1.807, 2.05) is 23.4 Å². The van der Waals surface area contributed by atoms with Crippen molar-refractivity contribution in [2.24, 2.45) is 5.92 Å². The number of methoxy groups -OCH3 is 1. The lowest BCUT2D eigenvalue weighted by Crippen LogP contribution is -2.36. The van der Waals surface area contributed by atoms with Crippen molar-refractivity contribution in [2.45, 2.75) is 65.1 Å². The molecule has 0 aromatic carbocycles. The molecule has 0 radical (unpaired) electrons. The Morgan fingerprint density at radius 3 is 2.73 bits per heavy atom. The average molecular weight is 362 g/mol. The molecule has 1 aromatic rings. The van der Waals surface area contributed by atoms with Gasteiger partial charge in [0.1, 0.15) is 0 Å². The molecule has 144 valence electrons. The molecule has 1 atom stereocenters. The van der Waals surface area contributed by atoms with Crippen LogP contribution in [0.4, 0.5) is 0 Å². The van der Waals surface area contributed by atoms with E-state index in [0.29, 0.717) is 38.7 Å². The topological polar surface area (TPSA) is 76.5 Å². The molecular formula is C19H30N4O3. The summed E-state index contributed by atoms with van der Waals surface area (Å²) in [6.07, 6.45) is 4.89. The summed E-state index contributed by atoms with van der Waals surface area (Å²) in [5.41, 5.74) is 3.02. The van der Waals surface area contributed by atoms with Crippen LogP contribution in [0.25, 0.3) is 0 Å². The molecule has 1 saturated carbocycles. The summed E-state index contributed by atoms with van der Waals surface area (Å²) < 4.78 is 7.03. The first kappa shape index (κ1) is 18.9. The van der Waals surface area contributed by atoms with Gasteiger partial charge in [0.25, 0.3) is 0 Å². The maximum Gasteiger partial charge on any atom is 0.225 e. The van der Waals surface area contributed by atoms with E-state index in [1.54, 1.807) is 7.11 Å². The first-order valence-electron chi connectivity index (χ1n) is 9.60. The van der Waals surface area contributed by atoms with Crippen LogP contribution in [0.15, 0.2) is 0 Å². The third-order valence-electron chi connectivity index (χ3n) is 5.77. The first-order valence-corrected chi connectivity index (χ1v) is 9.60. The lowest BCUT2D eigenvalue weighted by Gasteiger charge is -2.23. The highest BCUT2D eigenvalue weighted by Crippen LogP contribution is 2.29. The lowest BCUT2D eigenvalue weighted by molar-refractivity contribution is -0.130. The maximum absolute atomic E-state index is 12.6. The number of carbonyl (C=O) groups excluding carboxylic acids is 2. The van der Waals surface area contributed by atoms with Gasteiger partial charge in [0, 0.05) is 43.9 Å². The molecule has 1 aromatic heterocycles. The van der Waals surface area contributed by atoms with Crippen LogP contribution in [-0.2, 0) is 27.4 Å². The number of rotatable bonds is 7. The van der Waals surface area contributed by atoms with Crippen LogP contribution in [0, 0.1) is 19.8 Å². The fourth-order valence-electron chi connectivity index (χ4n) is 4.18. The molecule has 26 heavy (non-hydrogen) atoms. The van der Waals surface area contributed by atoms with Crippen molar-refractivity contribution < 1.29 is 14.3 Å². The van der Waals surface area contributed by atoms with Gasteiger partial charge < -0.3 is 15.0 Å². The minimum atomic E-state index is -0.229. The van der Waals surface area contributed by atoms with E-state index in [1.165, 1.54) is 12.8 Å². The quantitative estimate of drug-likeness (QED) is 0.798. The van der Waals surface area contributed by atoms with Crippen molar-refractivity contribution in [1.82, 2.24) is 20.0 Å². The van der Waals surface area contributed by atoms with Crippen molar-refractivity contribution in [1.29, 1.82) is 0 Å². The molecule has 1 aliphatic carbocycles. The number of likely N-dealkylation sites (tertiary alicyclic amines) is 1. The summed E-state index contributed by atoms with van der Waals surface area (Å²) in [5, 5.41) is 7.54. The van der Waals surface area contributed by atoms with Crippen LogP contribution in [-0.4, -0.2) is 52.8 Å². The molecule has 3 rings (SSSR count). The van der Waals surface area contributed by atoms with Crippen LogP contribution in [0.2, 0.25) is 0 Å². The Balaban J connectivity index is 1.56. The Hall–Kier alpha value is -1.89. The number of aromatic nitrogens is 2. The van der Waals surface area contributed by atoms with Gasteiger partial charge in [-0.25, -0.2) is 0 Å². The Morgan fingerprint density at radius 2 is 2.04 bits per heavy atom. The summed E-state index contributed by atoms with van der Waals surface area (Å²) in [5.74, 6) is -0.119. The SMILES string of the molecule is COCCn1nc(C)c(CNC(=O)C2CC(=O)N(C3CCCC3)C2)c1C. The van der Waals surface area contributed by atoms with E-state index in [9.17, 15) is 9.59 Å². The van der Waals surface area contributed by atoms with E-state index >= 15 is 0 Å². The van der Waals surface area contributed by atoms with Crippen molar-refractivity contribution in [2.75, 3.05) is 20.3 Å². The maximum atomic E-state index is 12.6. The molecule has 0 spiro atoms. The normalized spacial score (nSPS) is 21.0. The third-order valence-corrected chi connectivity index (χ3v) is 5.77. The second-order valence-electron chi connectivity index (χ2n) is 7.47. The number of hydrogen-bond acceptors (Lipinski definition) is 4. The summed E-state index contributed by atoms with van der Waals surface area (Å²) in [6, 6.07) is 0.351. The van der Waals surface area contributed by atoms with Gasteiger partial charge in [0.05, 0.1) is 24.8 Å². The first-order chi connectivity index (χ1) is 12.5. The Labute approximate surface area is 155 Å². The average Bonchev–Trinajstić information content (AvgIpc) is 3.32. The molecule has 1 saturated heterocycles. The Kier molecular flexibility index (Phi) is 5.96. The number of hydrogen-bond donors (Lipinski definition) is 1. The fourth-order valence-corrected chi connectivity index (χ4v) is 4.18. The zero-order valence-corrected chi connectivity index (χ0v) is 16.1. The molecule has 2 amide bonds. The van der Waals surface area contributed by atoms with Gasteiger partial charge in [-0.2, -0.15) is 5.10 Å². The number of nitrogens with one attached hydrogen (secondary N) is 1. The zero-order valence-electron chi connectivity index (χ0n) is 16.1. The molecule has 1 unspecified atom stereocenters. The minimum Gasteiger partial charge on any atom is -0.383 e. The summed E-state index contributed by atoms with van der Waals surface area (Å²) in [7, 11) is 1.67. The van der Waals surface area contributed by atoms with Crippen molar-refractivity contribution in [3.63, 3.8) is 0 Å². The smallest absolute Gasteiger partial charge is 0.225 e. The summed E-state index contributed by atoms with van der Waals surface area (Å²) in [4.78, 5) is 26.8. The van der Waals surface area contributed by atoms with E-state index in [0.717, 1.165) is 29.8 Å². The number of carbonyl (C=O) groups is 2. The largest absolute Gasteiger partial charge is 0.383 e. The number of ether oxygens (including phenoxy) is 1. The summed E-state index contributed by atoms with van der Waals surface area (Å²) in [6.45, 7) is 6.30. The number of amides is 2. The predicted octanol–water partition coefficient (Wildman–Crippen LogP) is 1.55. The highest BCUT2D eigenvalue weighted by Gasteiger charge is 2.38. The Morgan fingerprint density at radius 1 is 1.31 bits per heavy atom. The predicted molar refractivity (Wildman–Crippen MR) is 97.5 cm³/mol. The van der Waals surface area contributed by atoms with Gasteiger partial charge in [-0.15, -0.1) is 0 Å². The molecule has 0 bridgehead atoms. The second-order valence-corrected chi connectivity index (χ2v) is 7.47. The molecule has 1 N–H and O–H groups in total. The van der Waals surface area contributed by atoms with Gasteiger partial charge >= 0.3 is 0 Å². The molecule has 2 fully saturated rings. The zero-order chi connectivity index (χ0) is 18.7. The van der Waals surface area contributed by atoms with Crippen molar-refractivity contribution in [3.8, 4) is 0 Å². The van der Waals surface area contributed by atoms with Crippen molar-refractivity contribution >= 4 is 11.8 Å². The number of aryl methyl sites for hydroxylation is 1.